The van der Waals surface area contributed by atoms with E-state index in [1.54, 1.807) is 7.11 Å². The van der Waals surface area contributed by atoms with Crippen LogP contribution in [0.3, 0.4) is 0 Å². The van der Waals surface area contributed by atoms with E-state index in [9.17, 15) is 0 Å². The Morgan fingerprint density at radius 2 is 2.50 bits per heavy atom. The maximum absolute atomic E-state index is 5.18. The molecular weight excluding hydrogens is 100 g/mol. The van der Waals surface area contributed by atoms with E-state index >= 15 is 0 Å². The molecule has 0 N–H and O–H groups in total. The van der Waals surface area contributed by atoms with Crippen LogP contribution in [-0.2, 0) is 4.74 Å². The third-order valence-corrected chi connectivity index (χ3v) is 1.64. The largest absolute Gasteiger partial charge is 0.374 e. The van der Waals surface area contributed by atoms with Crippen molar-refractivity contribution in [1.82, 2.24) is 0 Å². The van der Waals surface area contributed by atoms with Gasteiger partial charge >= 0.3 is 0 Å². The molecule has 1 unspecified atom stereocenters. The Bertz CT molecular complexity index is 107. The summed E-state index contributed by atoms with van der Waals surface area (Å²) < 4.78 is 5.18. The molecule has 1 heteroatoms. The molecular formula is C7H11O. The topological polar surface area (TPSA) is 9.23 Å². The Kier molecular flexibility index (Phi) is 1.39. The van der Waals surface area contributed by atoms with E-state index < -0.39 is 0 Å². The van der Waals surface area contributed by atoms with Gasteiger partial charge in [-0.1, -0.05) is 0 Å². The normalized spacial score (nSPS) is 36.2. The molecule has 45 valence electrons. The van der Waals surface area contributed by atoms with Gasteiger partial charge in [-0.2, -0.15) is 0 Å². The number of hydrogen-bond donors (Lipinski definition) is 0. The minimum absolute atomic E-state index is 0. The fourth-order valence-electron chi connectivity index (χ4n) is 0.842. The lowest BCUT2D eigenvalue weighted by molar-refractivity contribution is 0.0490. The number of rotatable bonds is 1. The average Bonchev–Trinajstić information content (AvgIpc) is 2.17. The van der Waals surface area contributed by atoms with Crippen LogP contribution in [0.1, 0.15) is 19.8 Å². The molecule has 1 aliphatic rings. The summed E-state index contributed by atoms with van der Waals surface area (Å²) >= 11 is 0. The minimum Gasteiger partial charge on any atom is -0.374 e. The van der Waals surface area contributed by atoms with E-state index in [-0.39, 0.29) is 5.60 Å². The van der Waals surface area contributed by atoms with Gasteiger partial charge in [-0.05, 0) is 31.9 Å². The van der Waals surface area contributed by atoms with Gasteiger partial charge in [0.1, 0.15) is 0 Å². The van der Waals surface area contributed by atoms with E-state index in [4.69, 9.17) is 4.74 Å². The Hall–Kier alpha value is -0.300. The average molecular weight is 111 g/mol. The van der Waals surface area contributed by atoms with Crippen LogP contribution in [0, 0.1) is 6.08 Å². The third kappa shape index (κ3) is 0.920. The van der Waals surface area contributed by atoms with Gasteiger partial charge < -0.3 is 4.74 Å². The molecule has 1 rings (SSSR count). The summed E-state index contributed by atoms with van der Waals surface area (Å²) in [6.45, 7) is 2.08. The van der Waals surface area contributed by atoms with Crippen LogP contribution in [0.25, 0.3) is 0 Å². The second-order valence-corrected chi connectivity index (χ2v) is 2.37. The monoisotopic (exact) mass is 111 g/mol. The maximum Gasteiger partial charge on any atom is 0.0839 e. The number of hydrogen-bond acceptors (Lipinski definition) is 1. The van der Waals surface area contributed by atoms with Gasteiger partial charge in [-0.25, -0.2) is 0 Å². The molecule has 0 saturated heterocycles. The van der Waals surface area contributed by atoms with Gasteiger partial charge in [-0.15, -0.1) is 0 Å². The van der Waals surface area contributed by atoms with Gasteiger partial charge in [0.2, 0.25) is 0 Å². The van der Waals surface area contributed by atoms with Gasteiger partial charge in [-0.3, -0.25) is 0 Å². The first-order chi connectivity index (χ1) is 3.77. The van der Waals surface area contributed by atoms with Crippen LogP contribution in [0.4, 0.5) is 0 Å². The molecule has 0 aliphatic heterocycles. The Morgan fingerprint density at radius 1 is 1.75 bits per heavy atom. The van der Waals surface area contributed by atoms with Crippen molar-refractivity contribution in [3.8, 4) is 0 Å². The van der Waals surface area contributed by atoms with E-state index in [0.29, 0.717) is 0 Å². The zero-order chi connectivity index (χ0) is 6.04. The van der Waals surface area contributed by atoms with Crippen LogP contribution < -0.4 is 0 Å². The summed E-state index contributed by atoms with van der Waals surface area (Å²) in [6.07, 6.45) is 7.25. The van der Waals surface area contributed by atoms with E-state index in [2.05, 4.69) is 13.0 Å². The molecule has 1 radical (unpaired) electrons. The molecule has 0 aromatic rings. The molecule has 8 heavy (non-hydrogen) atoms. The lowest BCUT2D eigenvalue weighted by atomic mass is 10.1. The van der Waals surface area contributed by atoms with Gasteiger partial charge in [0.25, 0.3) is 0 Å². The second-order valence-electron chi connectivity index (χ2n) is 2.37. The predicted molar refractivity (Wildman–Crippen MR) is 32.5 cm³/mol. The van der Waals surface area contributed by atoms with Crippen LogP contribution in [0.5, 0.6) is 0 Å². The number of methoxy groups -OCH3 is 1. The van der Waals surface area contributed by atoms with Crippen LogP contribution >= 0.6 is 0 Å². The van der Waals surface area contributed by atoms with Crippen LogP contribution in [0.2, 0.25) is 0 Å². The molecule has 0 amide bonds. The Labute approximate surface area is 50.3 Å². The quantitative estimate of drug-likeness (QED) is 0.498. The zero-order valence-electron chi connectivity index (χ0n) is 5.40. The maximum atomic E-state index is 5.18. The molecule has 0 spiro atoms. The van der Waals surface area contributed by atoms with Crippen molar-refractivity contribution in [3.05, 3.63) is 12.2 Å². The summed E-state index contributed by atoms with van der Waals surface area (Å²) in [6, 6.07) is 0. The standard InChI is InChI=1S/C7H11O/c1-7(8-2)5-3-4-6-7/h6H,3,5H2,1-2H3. The van der Waals surface area contributed by atoms with Gasteiger partial charge in [0.05, 0.1) is 5.60 Å². The number of ether oxygens (including phenoxy) is 1. The van der Waals surface area contributed by atoms with Crippen molar-refractivity contribution in [2.24, 2.45) is 0 Å². The van der Waals surface area contributed by atoms with Crippen molar-refractivity contribution in [3.63, 3.8) is 0 Å². The second kappa shape index (κ2) is 1.90. The van der Waals surface area contributed by atoms with E-state index in [0.717, 1.165) is 12.8 Å². The van der Waals surface area contributed by atoms with Crippen LogP contribution in [0.15, 0.2) is 6.08 Å². The summed E-state index contributed by atoms with van der Waals surface area (Å²) in [4.78, 5) is 0. The summed E-state index contributed by atoms with van der Waals surface area (Å²) in [5.74, 6) is 0. The first-order valence-electron chi connectivity index (χ1n) is 2.90. The first kappa shape index (κ1) is 5.83. The van der Waals surface area contributed by atoms with Crippen molar-refractivity contribution in [1.29, 1.82) is 0 Å². The highest BCUT2D eigenvalue weighted by atomic mass is 16.5. The SMILES string of the molecule is COC1(C)C=[C]CC1. The fraction of sp³-hybridized carbons (Fsp3) is 0.714. The molecule has 0 heterocycles. The van der Waals surface area contributed by atoms with Gasteiger partial charge in [0, 0.05) is 7.11 Å². The summed E-state index contributed by atoms with van der Waals surface area (Å²) in [5, 5.41) is 0. The summed E-state index contributed by atoms with van der Waals surface area (Å²) in [5.41, 5.74) is 0. The lowest BCUT2D eigenvalue weighted by Gasteiger charge is -2.18. The molecule has 1 aliphatic carbocycles. The fourth-order valence-corrected chi connectivity index (χ4v) is 0.842. The Morgan fingerprint density at radius 3 is 2.75 bits per heavy atom. The zero-order valence-corrected chi connectivity index (χ0v) is 5.40. The van der Waals surface area contributed by atoms with Crippen LogP contribution in [-0.4, -0.2) is 12.7 Å². The van der Waals surface area contributed by atoms with Crippen molar-refractivity contribution >= 4 is 0 Å². The number of allylic oxidation sites excluding steroid dienone is 1. The highest BCUT2D eigenvalue weighted by molar-refractivity contribution is 5.01. The predicted octanol–water partition coefficient (Wildman–Crippen LogP) is 1.54. The first-order valence-corrected chi connectivity index (χ1v) is 2.90. The molecule has 0 saturated carbocycles. The highest BCUT2D eigenvalue weighted by Gasteiger charge is 2.22. The Balaban J connectivity index is 2.54. The molecule has 0 bridgehead atoms. The van der Waals surface area contributed by atoms with Gasteiger partial charge in [0.15, 0.2) is 0 Å². The molecule has 0 aromatic heterocycles. The third-order valence-electron chi connectivity index (χ3n) is 1.64. The molecule has 0 aromatic carbocycles. The van der Waals surface area contributed by atoms with E-state index in [1.165, 1.54) is 0 Å². The van der Waals surface area contributed by atoms with Crippen molar-refractivity contribution < 1.29 is 4.74 Å². The molecule has 1 atom stereocenters. The minimum atomic E-state index is 0. The highest BCUT2D eigenvalue weighted by Crippen LogP contribution is 2.23. The molecule has 0 fully saturated rings. The molecule has 1 nitrogen and oxygen atoms in total. The smallest absolute Gasteiger partial charge is 0.0839 e. The van der Waals surface area contributed by atoms with Crippen molar-refractivity contribution in [2.45, 2.75) is 25.4 Å². The summed E-state index contributed by atoms with van der Waals surface area (Å²) in [7, 11) is 1.74. The van der Waals surface area contributed by atoms with Crippen molar-refractivity contribution in [2.75, 3.05) is 7.11 Å². The van der Waals surface area contributed by atoms with E-state index in [1.807, 2.05) is 6.08 Å². The lowest BCUT2D eigenvalue weighted by Crippen LogP contribution is -2.20.